The van der Waals surface area contributed by atoms with Crippen molar-refractivity contribution in [1.29, 1.82) is 0 Å². The molecule has 2 aliphatic heterocycles. The molecular weight excluding hydrogens is 398 g/mol. The second-order valence-electron chi connectivity index (χ2n) is 8.18. The minimum Gasteiger partial charge on any atom is -0.466 e. The van der Waals surface area contributed by atoms with E-state index in [2.05, 4.69) is 5.43 Å². The van der Waals surface area contributed by atoms with Gasteiger partial charge in [-0.25, -0.2) is 0 Å². The van der Waals surface area contributed by atoms with Crippen LogP contribution >= 0.6 is 0 Å². The van der Waals surface area contributed by atoms with Crippen molar-refractivity contribution >= 4 is 29.4 Å². The summed E-state index contributed by atoms with van der Waals surface area (Å²) in [6.07, 6.45) is 6.20. The fourth-order valence-electron chi connectivity index (χ4n) is 4.52. The summed E-state index contributed by atoms with van der Waals surface area (Å²) in [7, 11) is 0. The maximum atomic E-state index is 13.0. The molecule has 1 N–H and O–H groups in total. The van der Waals surface area contributed by atoms with Gasteiger partial charge in [-0.15, -0.1) is 0 Å². The van der Waals surface area contributed by atoms with Crippen LogP contribution in [0, 0.1) is 17.8 Å². The number of hydrazine groups is 1. The molecule has 0 unspecified atom stereocenters. The number of likely N-dealkylation sites (tertiary alicyclic amines) is 1. The number of imide groups is 1. The topological polar surface area (TPSA) is 96.0 Å². The van der Waals surface area contributed by atoms with Crippen molar-refractivity contribution < 1.29 is 23.9 Å². The number of piperidine rings is 1. The zero-order valence-electron chi connectivity index (χ0n) is 17.6. The third-order valence-corrected chi connectivity index (χ3v) is 6.26. The van der Waals surface area contributed by atoms with E-state index in [4.69, 9.17) is 4.74 Å². The van der Waals surface area contributed by atoms with Gasteiger partial charge in [-0.1, -0.05) is 18.2 Å². The number of anilines is 1. The Hall–Kier alpha value is -3.16. The number of carbonyl (C=O) groups excluding carboxylic acids is 4. The lowest BCUT2D eigenvalue weighted by atomic mass is 9.85. The summed E-state index contributed by atoms with van der Waals surface area (Å²) in [5, 5.41) is 1.09. The molecule has 3 aliphatic rings. The molecule has 164 valence electrons. The molecule has 31 heavy (non-hydrogen) atoms. The first kappa shape index (κ1) is 21.1. The number of esters is 1. The Morgan fingerprint density at radius 1 is 1.06 bits per heavy atom. The van der Waals surface area contributed by atoms with Crippen LogP contribution in [0.15, 0.2) is 36.4 Å². The van der Waals surface area contributed by atoms with Crippen LogP contribution in [0.25, 0.3) is 0 Å². The molecule has 0 radical (unpaired) electrons. The van der Waals surface area contributed by atoms with E-state index in [1.54, 1.807) is 36.1 Å². The molecule has 1 aliphatic carbocycles. The first-order valence-electron chi connectivity index (χ1n) is 10.8. The van der Waals surface area contributed by atoms with Gasteiger partial charge in [0.25, 0.3) is 17.7 Å². The number of nitrogens with zero attached hydrogens (tertiary/aromatic N) is 2. The first-order chi connectivity index (χ1) is 15.0. The quantitative estimate of drug-likeness (QED) is 0.442. The van der Waals surface area contributed by atoms with Gasteiger partial charge in [0.2, 0.25) is 0 Å². The van der Waals surface area contributed by atoms with Gasteiger partial charge in [0, 0.05) is 18.7 Å². The van der Waals surface area contributed by atoms with Crippen molar-refractivity contribution in [2.24, 2.45) is 17.8 Å². The van der Waals surface area contributed by atoms with Gasteiger partial charge in [-0.2, -0.15) is 5.01 Å². The van der Waals surface area contributed by atoms with E-state index in [1.165, 1.54) is 0 Å². The standard InChI is InChI=1S/C23H27N3O5/c1-2-31-23(30)15-10-12-25(13-11-15)20(27)16-6-5-7-17(14-16)24-26-21(28)18-8-3-4-9-19(18)22(26)29/h3-7,14-15,18-19,24H,2,8-13H2,1H3/t18-,19-/m1/s1. The maximum absolute atomic E-state index is 13.0. The van der Waals surface area contributed by atoms with Crippen molar-refractivity contribution in [3.05, 3.63) is 42.0 Å². The molecule has 0 bridgehead atoms. The summed E-state index contributed by atoms with van der Waals surface area (Å²) in [5.74, 6) is -1.57. The summed E-state index contributed by atoms with van der Waals surface area (Å²) >= 11 is 0. The van der Waals surface area contributed by atoms with Crippen molar-refractivity contribution in [1.82, 2.24) is 9.91 Å². The Balaban J connectivity index is 1.40. The number of nitrogens with one attached hydrogen (secondary N) is 1. The molecule has 2 atom stereocenters. The number of allylic oxidation sites excluding steroid dienone is 2. The van der Waals surface area contributed by atoms with Gasteiger partial charge in [0.1, 0.15) is 0 Å². The highest BCUT2D eigenvalue weighted by Gasteiger charge is 2.47. The number of amides is 3. The monoisotopic (exact) mass is 425 g/mol. The van der Waals surface area contributed by atoms with Crippen LogP contribution in [0.1, 0.15) is 43.0 Å². The van der Waals surface area contributed by atoms with Crippen molar-refractivity contribution in [2.75, 3.05) is 25.1 Å². The number of carbonyl (C=O) groups is 4. The van der Waals surface area contributed by atoms with Crippen LogP contribution in [0.5, 0.6) is 0 Å². The average Bonchev–Trinajstić information content (AvgIpc) is 3.04. The lowest BCUT2D eigenvalue weighted by Gasteiger charge is -2.31. The molecular formula is C23H27N3O5. The fourth-order valence-corrected chi connectivity index (χ4v) is 4.52. The first-order valence-corrected chi connectivity index (χ1v) is 10.8. The Morgan fingerprint density at radius 2 is 1.71 bits per heavy atom. The van der Waals surface area contributed by atoms with E-state index in [9.17, 15) is 19.2 Å². The predicted molar refractivity (Wildman–Crippen MR) is 113 cm³/mol. The van der Waals surface area contributed by atoms with E-state index in [0.29, 0.717) is 56.6 Å². The number of hydrogen-bond donors (Lipinski definition) is 1. The van der Waals surface area contributed by atoms with Crippen molar-refractivity contribution in [2.45, 2.75) is 32.6 Å². The highest BCUT2D eigenvalue weighted by atomic mass is 16.5. The lowest BCUT2D eigenvalue weighted by molar-refractivity contribution is -0.149. The molecule has 4 rings (SSSR count). The van der Waals surface area contributed by atoms with Crippen LogP contribution in [-0.4, -0.2) is 53.3 Å². The number of ether oxygens (including phenoxy) is 1. The third kappa shape index (κ3) is 4.19. The molecule has 1 aromatic rings. The van der Waals surface area contributed by atoms with Crippen LogP contribution in [-0.2, 0) is 19.1 Å². The normalized spacial score (nSPS) is 23.6. The summed E-state index contributed by atoms with van der Waals surface area (Å²) in [6, 6.07) is 6.81. The number of hydrogen-bond acceptors (Lipinski definition) is 6. The number of benzene rings is 1. The molecule has 0 saturated carbocycles. The van der Waals surface area contributed by atoms with E-state index in [0.717, 1.165) is 5.01 Å². The zero-order chi connectivity index (χ0) is 22.0. The summed E-state index contributed by atoms with van der Waals surface area (Å²) in [5.41, 5.74) is 3.89. The predicted octanol–water partition coefficient (Wildman–Crippen LogP) is 2.38. The molecule has 0 spiro atoms. The molecule has 2 heterocycles. The van der Waals surface area contributed by atoms with Crippen molar-refractivity contribution in [3.63, 3.8) is 0 Å². The lowest BCUT2D eigenvalue weighted by Crippen LogP contribution is -2.40. The van der Waals surface area contributed by atoms with Gasteiger partial charge < -0.3 is 9.64 Å². The smallest absolute Gasteiger partial charge is 0.309 e. The molecule has 1 aromatic carbocycles. The van der Waals surface area contributed by atoms with E-state index < -0.39 is 0 Å². The second kappa shape index (κ2) is 8.91. The number of rotatable bonds is 5. The Bertz CT molecular complexity index is 894. The Morgan fingerprint density at radius 3 is 2.32 bits per heavy atom. The van der Waals surface area contributed by atoms with Crippen LogP contribution in [0.2, 0.25) is 0 Å². The Labute approximate surface area is 181 Å². The van der Waals surface area contributed by atoms with Crippen LogP contribution < -0.4 is 5.43 Å². The number of fused-ring (bicyclic) bond motifs is 1. The van der Waals surface area contributed by atoms with Crippen LogP contribution in [0.3, 0.4) is 0 Å². The fraction of sp³-hybridized carbons (Fsp3) is 0.478. The molecule has 0 aromatic heterocycles. The van der Waals surface area contributed by atoms with E-state index >= 15 is 0 Å². The Kier molecular flexibility index (Phi) is 6.06. The van der Waals surface area contributed by atoms with Crippen molar-refractivity contribution in [3.8, 4) is 0 Å². The highest BCUT2D eigenvalue weighted by Crippen LogP contribution is 2.35. The highest BCUT2D eigenvalue weighted by molar-refractivity contribution is 6.06. The molecule has 8 nitrogen and oxygen atoms in total. The van der Waals surface area contributed by atoms with Gasteiger partial charge in [-0.3, -0.25) is 24.6 Å². The van der Waals surface area contributed by atoms with Gasteiger partial charge in [0.05, 0.1) is 30.0 Å². The SMILES string of the molecule is CCOC(=O)C1CCN(C(=O)c2cccc(NN3C(=O)[C@@H]4CC=CC[C@H]4C3=O)c2)CC1. The van der Waals surface area contributed by atoms with E-state index in [1.807, 2.05) is 12.2 Å². The summed E-state index contributed by atoms with van der Waals surface area (Å²) < 4.78 is 5.08. The molecule has 3 amide bonds. The minimum atomic E-state index is -0.310. The molecule has 8 heteroatoms. The van der Waals surface area contributed by atoms with Gasteiger partial charge in [0.15, 0.2) is 0 Å². The molecule has 2 fully saturated rings. The van der Waals surface area contributed by atoms with Crippen LogP contribution in [0.4, 0.5) is 5.69 Å². The minimum absolute atomic E-state index is 0.136. The summed E-state index contributed by atoms with van der Waals surface area (Å²) in [4.78, 5) is 51.9. The third-order valence-electron chi connectivity index (χ3n) is 6.26. The largest absolute Gasteiger partial charge is 0.466 e. The van der Waals surface area contributed by atoms with Gasteiger partial charge in [-0.05, 0) is 50.8 Å². The summed E-state index contributed by atoms with van der Waals surface area (Å²) in [6.45, 7) is 3.11. The second-order valence-corrected chi connectivity index (χ2v) is 8.18. The molecule has 2 saturated heterocycles. The zero-order valence-corrected chi connectivity index (χ0v) is 17.6. The van der Waals surface area contributed by atoms with Gasteiger partial charge >= 0.3 is 5.97 Å². The average molecular weight is 425 g/mol. The maximum Gasteiger partial charge on any atom is 0.309 e. The van der Waals surface area contributed by atoms with E-state index in [-0.39, 0.29) is 41.4 Å².